The molecule has 0 bridgehead atoms. The van der Waals surface area contributed by atoms with E-state index in [0.717, 1.165) is 6.54 Å². The topological polar surface area (TPSA) is 75.4 Å². The Bertz CT molecular complexity index is 315. The van der Waals surface area contributed by atoms with Gasteiger partial charge < -0.3 is 16.0 Å². The largest absolute Gasteiger partial charge is 0.354 e. The highest BCUT2D eigenvalue weighted by Crippen LogP contribution is 2.27. The molecule has 2 fully saturated rings. The van der Waals surface area contributed by atoms with Crippen LogP contribution in [0, 0.1) is 11.8 Å². The van der Waals surface area contributed by atoms with Crippen LogP contribution in [0.25, 0.3) is 0 Å². The van der Waals surface area contributed by atoms with E-state index in [1.54, 1.807) is 4.90 Å². The molecular weight excluding hydrogens is 218 g/mol. The number of hydrogen-bond donors (Lipinski definition) is 2. The van der Waals surface area contributed by atoms with Crippen molar-refractivity contribution in [2.24, 2.45) is 17.6 Å². The average Bonchev–Trinajstić information content (AvgIpc) is 3.07. The maximum Gasteiger partial charge on any atom is 0.239 e. The van der Waals surface area contributed by atoms with E-state index in [9.17, 15) is 9.59 Å². The number of hydrogen-bond acceptors (Lipinski definition) is 3. The van der Waals surface area contributed by atoms with Gasteiger partial charge in [0.1, 0.15) is 0 Å². The second-order valence-corrected chi connectivity index (χ2v) is 5.37. The van der Waals surface area contributed by atoms with E-state index in [-0.39, 0.29) is 30.3 Å². The van der Waals surface area contributed by atoms with Crippen molar-refractivity contribution in [3.05, 3.63) is 0 Å². The first-order valence-corrected chi connectivity index (χ1v) is 6.36. The summed E-state index contributed by atoms with van der Waals surface area (Å²) in [6, 6.07) is -0.0102. The summed E-state index contributed by atoms with van der Waals surface area (Å²) in [5.41, 5.74) is 5.91. The standard InChI is InChI=1S/C12H21N3O2/c1-8-4-12(17)15(6-10(8)13)7-11(16)14-5-9-2-3-9/h8-10H,2-7,13H2,1H3,(H,14,16). The first kappa shape index (κ1) is 12.4. The molecule has 2 rings (SSSR count). The lowest BCUT2D eigenvalue weighted by molar-refractivity contribution is -0.139. The predicted octanol–water partition coefficient (Wildman–Crippen LogP) is -0.292. The van der Waals surface area contributed by atoms with Gasteiger partial charge in [0.2, 0.25) is 11.8 Å². The molecule has 1 heterocycles. The molecule has 17 heavy (non-hydrogen) atoms. The number of nitrogens with two attached hydrogens (primary N) is 1. The van der Waals surface area contributed by atoms with Crippen molar-refractivity contribution < 1.29 is 9.59 Å². The fraction of sp³-hybridized carbons (Fsp3) is 0.833. The van der Waals surface area contributed by atoms with Gasteiger partial charge in [-0.1, -0.05) is 6.92 Å². The van der Waals surface area contributed by atoms with E-state index in [1.807, 2.05) is 6.92 Å². The maximum absolute atomic E-state index is 11.7. The van der Waals surface area contributed by atoms with E-state index < -0.39 is 0 Å². The van der Waals surface area contributed by atoms with E-state index in [2.05, 4.69) is 5.32 Å². The van der Waals surface area contributed by atoms with Gasteiger partial charge in [-0.3, -0.25) is 9.59 Å². The maximum atomic E-state index is 11.7. The number of nitrogens with zero attached hydrogens (tertiary/aromatic N) is 1. The van der Waals surface area contributed by atoms with Gasteiger partial charge in [-0.2, -0.15) is 0 Å². The Hall–Kier alpha value is -1.10. The molecule has 2 amide bonds. The van der Waals surface area contributed by atoms with Gasteiger partial charge in [0.15, 0.2) is 0 Å². The molecule has 1 aliphatic heterocycles. The molecule has 2 atom stereocenters. The first-order valence-electron chi connectivity index (χ1n) is 6.36. The fourth-order valence-electron chi connectivity index (χ4n) is 2.05. The summed E-state index contributed by atoms with van der Waals surface area (Å²) < 4.78 is 0. The second kappa shape index (κ2) is 5.04. The number of rotatable bonds is 4. The van der Waals surface area contributed by atoms with Gasteiger partial charge in [0.25, 0.3) is 0 Å². The van der Waals surface area contributed by atoms with Crippen molar-refractivity contribution in [1.29, 1.82) is 0 Å². The number of likely N-dealkylation sites (tertiary alicyclic amines) is 1. The first-order chi connectivity index (χ1) is 8.06. The molecule has 1 saturated carbocycles. The van der Waals surface area contributed by atoms with Crippen LogP contribution >= 0.6 is 0 Å². The lowest BCUT2D eigenvalue weighted by atomic mass is 9.94. The van der Waals surface area contributed by atoms with E-state index in [0.29, 0.717) is 18.9 Å². The van der Waals surface area contributed by atoms with Crippen molar-refractivity contribution in [2.75, 3.05) is 19.6 Å². The molecule has 0 aromatic heterocycles. The van der Waals surface area contributed by atoms with E-state index in [1.165, 1.54) is 12.8 Å². The molecule has 5 nitrogen and oxygen atoms in total. The minimum absolute atomic E-state index is 0.0102. The third-order valence-electron chi connectivity index (χ3n) is 3.63. The van der Waals surface area contributed by atoms with Crippen molar-refractivity contribution in [1.82, 2.24) is 10.2 Å². The second-order valence-electron chi connectivity index (χ2n) is 5.37. The van der Waals surface area contributed by atoms with Gasteiger partial charge in [0.05, 0.1) is 6.54 Å². The van der Waals surface area contributed by atoms with E-state index >= 15 is 0 Å². The minimum atomic E-state index is -0.0630. The molecule has 96 valence electrons. The summed E-state index contributed by atoms with van der Waals surface area (Å²) in [4.78, 5) is 24.9. The third kappa shape index (κ3) is 3.43. The Balaban J connectivity index is 1.76. The lowest BCUT2D eigenvalue weighted by Crippen LogP contribution is -2.53. The molecule has 2 aliphatic rings. The Kier molecular flexibility index (Phi) is 3.66. The monoisotopic (exact) mass is 239 g/mol. The summed E-state index contributed by atoms with van der Waals surface area (Å²) >= 11 is 0. The van der Waals surface area contributed by atoms with Crippen LogP contribution < -0.4 is 11.1 Å². The van der Waals surface area contributed by atoms with Crippen LogP contribution in [0.4, 0.5) is 0 Å². The summed E-state index contributed by atoms with van der Waals surface area (Å²) in [5, 5.41) is 2.86. The molecule has 1 saturated heterocycles. The minimum Gasteiger partial charge on any atom is -0.354 e. The number of nitrogens with one attached hydrogen (secondary N) is 1. The van der Waals surface area contributed by atoms with Gasteiger partial charge in [-0.15, -0.1) is 0 Å². The number of carbonyl (C=O) groups excluding carboxylic acids is 2. The summed E-state index contributed by atoms with van der Waals surface area (Å²) in [6.07, 6.45) is 2.88. The van der Waals surface area contributed by atoms with Crippen LogP contribution in [-0.4, -0.2) is 42.4 Å². The quantitative estimate of drug-likeness (QED) is 0.708. The summed E-state index contributed by atoms with van der Waals surface area (Å²) in [7, 11) is 0. The molecule has 0 radical (unpaired) electrons. The smallest absolute Gasteiger partial charge is 0.239 e. The molecular formula is C12H21N3O2. The van der Waals surface area contributed by atoms with Crippen molar-refractivity contribution in [3.8, 4) is 0 Å². The molecule has 3 N–H and O–H groups in total. The molecule has 0 spiro atoms. The van der Waals surface area contributed by atoms with Gasteiger partial charge in [0, 0.05) is 25.6 Å². The summed E-state index contributed by atoms with van der Waals surface area (Å²) in [5.74, 6) is 0.860. The lowest BCUT2D eigenvalue weighted by Gasteiger charge is -2.34. The summed E-state index contributed by atoms with van der Waals surface area (Å²) in [6.45, 7) is 3.39. The Labute approximate surface area is 102 Å². The SMILES string of the molecule is CC1CC(=O)N(CC(=O)NCC2CC2)CC1N. The van der Waals surface area contributed by atoms with Crippen molar-refractivity contribution in [2.45, 2.75) is 32.2 Å². The zero-order valence-corrected chi connectivity index (χ0v) is 10.3. The Morgan fingerprint density at radius 3 is 2.88 bits per heavy atom. The zero-order chi connectivity index (χ0) is 12.4. The number of carbonyl (C=O) groups is 2. The zero-order valence-electron chi connectivity index (χ0n) is 10.3. The third-order valence-corrected chi connectivity index (χ3v) is 3.63. The van der Waals surface area contributed by atoms with Crippen LogP contribution in [0.5, 0.6) is 0 Å². The van der Waals surface area contributed by atoms with Crippen LogP contribution in [-0.2, 0) is 9.59 Å². The normalized spacial score (nSPS) is 29.3. The molecule has 5 heteroatoms. The number of piperidine rings is 1. The molecule has 0 aromatic carbocycles. The van der Waals surface area contributed by atoms with Crippen LogP contribution in [0.2, 0.25) is 0 Å². The van der Waals surface area contributed by atoms with Crippen molar-refractivity contribution in [3.63, 3.8) is 0 Å². The van der Waals surface area contributed by atoms with E-state index in [4.69, 9.17) is 5.73 Å². The highest BCUT2D eigenvalue weighted by molar-refractivity contribution is 5.85. The average molecular weight is 239 g/mol. The van der Waals surface area contributed by atoms with Gasteiger partial charge in [-0.25, -0.2) is 0 Å². The highest BCUT2D eigenvalue weighted by atomic mass is 16.2. The van der Waals surface area contributed by atoms with Gasteiger partial charge in [-0.05, 0) is 24.7 Å². The molecule has 2 unspecified atom stereocenters. The van der Waals surface area contributed by atoms with Crippen LogP contribution in [0.15, 0.2) is 0 Å². The van der Waals surface area contributed by atoms with Crippen LogP contribution in [0.1, 0.15) is 26.2 Å². The fourth-order valence-corrected chi connectivity index (χ4v) is 2.05. The Morgan fingerprint density at radius 1 is 1.53 bits per heavy atom. The van der Waals surface area contributed by atoms with Crippen LogP contribution in [0.3, 0.4) is 0 Å². The number of amides is 2. The Morgan fingerprint density at radius 2 is 2.24 bits per heavy atom. The van der Waals surface area contributed by atoms with Crippen molar-refractivity contribution >= 4 is 11.8 Å². The van der Waals surface area contributed by atoms with Gasteiger partial charge >= 0.3 is 0 Å². The molecule has 0 aromatic rings. The highest BCUT2D eigenvalue weighted by Gasteiger charge is 2.30. The predicted molar refractivity (Wildman–Crippen MR) is 64.1 cm³/mol. The molecule has 1 aliphatic carbocycles.